The number of nitrogens with one attached hydrogen (secondary N) is 1. The zero-order chi connectivity index (χ0) is 20.9. The molecule has 2 aromatic rings. The van der Waals surface area contributed by atoms with Crippen molar-refractivity contribution in [2.45, 2.75) is 37.6 Å². The second kappa shape index (κ2) is 9.66. The number of carbonyl (C=O) groups is 1. The van der Waals surface area contributed by atoms with Crippen molar-refractivity contribution in [3.05, 3.63) is 30.1 Å². The van der Waals surface area contributed by atoms with Gasteiger partial charge in [0.1, 0.15) is 11.9 Å². The number of sulfonamides is 1. The number of nitrogens with zero attached hydrogens (tertiary/aromatic N) is 3. The second-order valence-electron chi connectivity index (χ2n) is 6.53. The van der Waals surface area contributed by atoms with Crippen LogP contribution in [0.3, 0.4) is 0 Å². The van der Waals surface area contributed by atoms with Gasteiger partial charge in [0.15, 0.2) is 4.34 Å². The fourth-order valence-corrected chi connectivity index (χ4v) is 5.34. The highest BCUT2D eigenvalue weighted by molar-refractivity contribution is 8.01. The van der Waals surface area contributed by atoms with Crippen LogP contribution in [0.2, 0.25) is 0 Å². The number of halogens is 1. The molecule has 0 fully saturated rings. The molecule has 0 aliphatic rings. The minimum Gasteiger partial charge on any atom is -0.299 e. The van der Waals surface area contributed by atoms with Gasteiger partial charge in [-0.1, -0.05) is 43.9 Å². The first-order chi connectivity index (χ1) is 13.1. The Morgan fingerprint density at radius 2 is 1.93 bits per heavy atom. The number of carbonyl (C=O) groups excluding carboxylic acids is 1. The first-order valence-corrected chi connectivity index (χ1v) is 12.3. The molecule has 11 heteroatoms. The van der Waals surface area contributed by atoms with Crippen LogP contribution < -0.4 is 9.62 Å². The molecule has 1 atom stereocenters. The van der Waals surface area contributed by atoms with Gasteiger partial charge < -0.3 is 0 Å². The van der Waals surface area contributed by atoms with Crippen molar-refractivity contribution in [2.24, 2.45) is 5.92 Å². The standard InChI is InChI=1S/C17H23FN4O3S3/c1-5-14(22(28(4,24)25)13-8-6-12(18)7-9-13)15(23)19-16-20-21-17(27-16)26-10-11(2)3/h6-9,11,14H,5,10H2,1-4H3,(H,19,20,23). The van der Waals surface area contributed by atoms with Gasteiger partial charge in [-0.05, 0) is 36.6 Å². The lowest BCUT2D eigenvalue weighted by Gasteiger charge is -2.29. The van der Waals surface area contributed by atoms with Crippen molar-refractivity contribution >= 4 is 49.8 Å². The lowest BCUT2D eigenvalue weighted by molar-refractivity contribution is -0.117. The number of hydrogen-bond donors (Lipinski definition) is 1. The van der Waals surface area contributed by atoms with E-state index in [-0.39, 0.29) is 12.1 Å². The maximum absolute atomic E-state index is 13.2. The van der Waals surface area contributed by atoms with Crippen LogP contribution in [0, 0.1) is 11.7 Å². The Morgan fingerprint density at radius 3 is 2.46 bits per heavy atom. The maximum Gasteiger partial charge on any atom is 0.250 e. The van der Waals surface area contributed by atoms with Gasteiger partial charge >= 0.3 is 0 Å². The van der Waals surface area contributed by atoms with Gasteiger partial charge in [-0.15, -0.1) is 10.2 Å². The molecular weight excluding hydrogens is 423 g/mol. The van der Waals surface area contributed by atoms with Gasteiger partial charge in [-0.2, -0.15) is 0 Å². The van der Waals surface area contributed by atoms with Crippen LogP contribution in [0.4, 0.5) is 15.2 Å². The highest BCUT2D eigenvalue weighted by atomic mass is 32.2. The number of anilines is 2. The molecule has 0 aliphatic carbocycles. The van der Waals surface area contributed by atoms with Crippen LogP contribution in [-0.2, 0) is 14.8 Å². The summed E-state index contributed by atoms with van der Waals surface area (Å²) in [5, 5.41) is 10.9. The normalized spacial score (nSPS) is 12.8. The number of thioether (sulfide) groups is 1. The predicted octanol–water partition coefficient (Wildman–Crippen LogP) is 3.61. The van der Waals surface area contributed by atoms with Crippen molar-refractivity contribution in [3.63, 3.8) is 0 Å². The fraction of sp³-hybridized carbons (Fsp3) is 0.471. The Hall–Kier alpha value is -1.72. The van der Waals surface area contributed by atoms with E-state index in [1.807, 2.05) is 0 Å². The number of aromatic nitrogens is 2. The van der Waals surface area contributed by atoms with Gasteiger partial charge in [0, 0.05) is 5.75 Å². The molecule has 0 aliphatic heterocycles. The topological polar surface area (TPSA) is 92.3 Å². The van der Waals surface area contributed by atoms with Gasteiger partial charge in [0.2, 0.25) is 21.1 Å². The van der Waals surface area contributed by atoms with E-state index in [2.05, 4.69) is 29.4 Å². The van der Waals surface area contributed by atoms with Crippen LogP contribution in [0.5, 0.6) is 0 Å². The van der Waals surface area contributed by atoms with Gasteiger partial charge in [-0.25, -0.2) is 12.8 Å². The SMILES string of the molecule is CCC(C(=O)Nc1nnc(SCC(C)C)s1)N(c1ccc(F)cc1)S(C)(=O)=O. The molecule has 1 N–H and O–H groups in total. The summed E-state index contributed by atoms with van der Waals surface area (Å²) in [5.74, 6) is 0.367. The van der Waals surface area contributed by atoms with E-state index in [1.54, 1.807) is 18.7 Å². The molecule has 0 bridgehead atoms. The highest BCUT2D eigenvalue weighted by Gasteiger charge is 2.32. The van der Waals surface area contributed by atoms with Crippen molar-refractivity contribution in [1.82, 2.24) is 10.2 Å². The van der Waals surface area contributed by atoms with Crippen LogP contribution in [0.25, 0.3) is 0 Å². The summed E-state index contributed by atoms with van der Waals surface area (Å²) in [6.45, 7) is 5.89. The first-order valence-electron chi connectivity index (χ1n) is 8.64. The smallest absolute Gasteiger partial charge is 0.250 e. The summed E-state index contributed by atoms with van der Waals surface area (Å²) in [7, 11) is -3.78. The maximum atomic E-state index is 13.2. The molecule has 1 aromatic heterocycles. The third-order valence-corrected chi connectivity index (χ3v) is 7.17. The van der Waals surface area contributed by atoms with Crippen molar-refractivity contribution < 1.29 is 17.6 Å². The Balaban J connectivity index is 2.21. The zero-order valence-electron chi connectivity index (χ0n) is 16.0. The molecule has 0 spiro atoms. The number of amides is 1. The van der Waals surface area contributed by atoms with Gasteiger partial charge in [0.25, 0.3) is 0 Å². The number of rotatable bonds is 9. The Kier molecular flexibility index (Phi) is 7.79. The number of hydrogen-bond acceptors (Lipinski definition) is 7. The molecule has 7 nitrogen and oxygen atoms in total. The molecule has 28 heavy (non-hydrogen) atoms. The summed E-state index contributed by atoms with van der Waals surface area (Å²) < 4.78 is 39.7. The zero-order valence-corrected chi connectivity index (χ0v) is 18.5. The molecule has 0 radical (unpaired) electrons. The Morgan fingerprint density at radius 1 is 1.29 bits per heavy atom. The van der Waals surface area contributed by atoms with E-state index in [0.717, 1.165) is 32.8 Å². The molecule has 1 aromatic carbocycles. The summed E-state index contributed by atoms with van der Waals surface area (Å²) in [4.78, 5) is 12.8. The largest absolute Gasteiger partial charge is 0.299 e. The third kappa shape index (κ3) is 6.14. The quantitative estimate of drug-likeness (QED) is 0.467. The van der Waals surface area contributed by atoms with Crippen LogP contribution in [0.1, 0.15) is 27.2 Å². The van der Waals surface area contributed by atoms with E-state index in [1.165, 1.54) is 23.5 Å². The average molecular weight is 447 g/mol. The summed E-state index contributed by atoms with van der Waals surface area (Å²) >= 11 is 2.79. The van der Waals surface area contributed by atoms with Gasteiger partial charge in [0.05, 0.1) is 11.9 Å². The lowest BCUT2D eigenvalue weighted by Crippen LogP contribution is -2.47. The van der Waals surface area contributed by atoms with Crippen LogP contribution in [0.15, 0.2) is 28.6 Å². The summed E-state index contributed by atoms with van der Waals surface area (Å²) in [6.07, 6.45) is 1.24. The minimum absolute atomic E-state index is 0.219. The van der Waals surface area contributed by atoms with E-state index in [4.69, 9.17) is 0 Å². The molecule has 1 heterocycles. The van der Waals surface area contributed by atoms with Crippen molar-refractivity contribution in [1.29, 1.82) is 0 Å². The molecule has 1 unspecified atom stereocenters. The average Bonchev–Trinajstić information content (AvgIpc) is 3.05. The Bertz CT molecular complexity index is 901. The second-order valence-corrected chi connectivity index (χ2v) is 10.6. The molecule has 1 amide bonds. The van der Waals surface area contributed by atoms with E-state index in [0.29, 0.717) is 11.0 Å². The first kappa shape index (κ1) is 22.6. The lowest BCUT2D eigenvalue weighted by atomic mass is 10.2. The molecule has 154 valence electrons. The molecule has 0 saturated carbocycles. The van der Waals surface area contributed by atoms with E-state index >= 15 is 0 Å². The van der Waals surface area contributed by atoms with E-state index < -0.39 is 27.8 Å². The molecule has 0 saturated heterocycles. The predicted molar refractivity (Wildman–Crippen MR) is 112 cm³/mol. The molecule has 2 rings (SSSR count). The number of benzene rings is 1. The van der Waals surface area contributed by atoms with Crippen LogP contribution >= 0.6 is 23.1 Å². The third-order valence-electron chi connectivity index (χ3n) is 3.59. The Labute approximate surface area is 172 Å². The minimum atomic E-state index is -3.78. The van der Waals surface area contributed by atoms with Crippen LogP contribution in [-0.4, -0.2) is 42.6 Å². The summed E-state index contributed by atoms with van der Waals surface area (Å²) in [5.41, 5.74) is 0.219. The van der Waals surface area contributed by atoms with Crippen molar-refractivity contribution in [3.8, 4) is 0 Å². The summed E-state index contributed by atoms with van der Waals surface area (Å²) in [6, 6.07) is 3.97. The van der Waals surface area contributed by atoms with Crippen molar-refractivity contribution in [2.75, 3.05) is 21.6 Å². The molecular formula is C17H23FN4O3S3. The monoisotopic (exact) mass is 446 g/mol. The fourth-order valence-electron chi connectivity index (χ4n) is 2.39. The van der Waals surface area contributed by atoms with Gasteiger partial charge in [-0.3, -0.25) is 14.4 Å². The highest BCUT2D eigenvalue weighted by Crippen LogP contribution is 2.28. The van der Waals surface area contributed by atoms with E-state index in [9.17, 15) is 17.6 Å².